The molecule has 0 saturated heterocycles. The van der Waals surface area contributed by atoms with Gasteiger partial charge in [0.15, 0.2) is 0 Å². The van der Waals surface area contributed by atoms with Crippen LogP contribution in [0.4, 0.5) is 0 Å². The monoisotopic (exact) mass is 854 g/mol. The zero-order valence-corrected chi connectivity index (χ0v) is 37.9. The number of nitrogens with zero attached hydrogens (tertiary/aromatic N) is 2. The molecule has 0 aliphatic heterocycles. The van der Waals surface area contributed by atoms with Crippen LogP contribution in [0.1, 0.15) is 56.4 Å². The van der Waals surface area contributed by atoms with Crippen LogP contribution < -0.4 is 9.47 Å². The Labute approximate surface area is 380 Å². The fourth-order valence-corrected chi connectivity index (χ4v) is 9.85. The minimum absolute atomic E-state index is 0.202. The Balaban J connectivity index is 0.970. The number of benzene rings is 8. The molecule has 2 aromatic heterocycles. The number of para-hydroxylation sites is 4. The van der Waals surface area contributed by atoms with E-state index in [0.717, 1.165) is 112 Å². The van der Waals surface area contributed by atoms with E-state index in [1.807, 2.05) is 36.4 Å². The summed E-state index contributed by atoms with van der Waals surface area (Å²) in [5, 5.41) is 29.2. The highest BCUT2D eigenvalue weighted by Gasteiger charge is 2.24. The Bertz CT molecular complexity index is 3100. The van der Waals surface area contributed by atoms with Gasteiger partial charge < -0.3 is 28.8 Å². The zero-order valence-electron chi connectivity index (χ0n) is 37.9. The van der Waals surface area contributed by atoms with Crippen LogP contribution >= 0.6 is 0 Å². The van der Waals surface area contributed by atoms with Crippen molar-refractivity contribution in [3.63, 3.8) is 0 Å². The molecule has 10 rings (SSSR count). The third-order valence-corrected chi connectivity index (χ3v) is 12.9. The Hall–Kier alpha value is -7.44. The quantitative estimate of drug-likeness (QED) is 0.128. The van der Waals surface area contributed by atoms with Crippen molar-refractivity contribution in [2.45, 2.75) is 73.0 Å². The summed E-state index contributed by atoms with van der Waals surface area (Å²) in [6.07, 6.45) is 1.79. The topological polar surface area (TPSA) is 68.8 Å². The van der Waals surface area contributed by atoms with Crippen LogP contribution in [0.2, 0.25) is 0 Å². The normalized spacial score (nSPS) is 12.6. The Morgan fingerprint density at radius 3 is 1.11 bits per heavy atom. The molecule has 0 saturated carbocycles. The molecule has 0 spiro atoms. The van der Waals surface area contributed by atoms with Crippen molar-refractivity contribution in [3.05, 3.63) is 180 Å². The average Bonchev–Trinajstić information content (AvgIpc) is 3.83. The van der Waals surface area contributed by atoms with Crippen molar-refractivity contribution >= 4 is 43.6 Å². The van der Waals surface area contributed by atoms with Gasteiger partial charge in [0.1, 0.15) is 23.0 Å². The first-order valence-corrected chi connectivity index (χ1v) is 22.9. The molecule has 1 unspecified atom stereocenters. The van der Waals surface area contributed by atoms with E-state index in [2.05, 4.69) is 172 Å². The molecular formula is C59H54N2O4. The summed E-state index contributed by atoms with van der Waals surface area (Å²) in [5.41, 5.74) is 13.1. The Kier molecular flexibility index (Phi) is 10.8. The van der Waals surface area contributed by atoms with Crippen molar-refractivity contribution in [2.75, 3.05) is 0 Å². The molecule has 324 valence electrons. The first kappa shape index (κ1) is 41.6. The maximum Gasteiger partial charge on any atom is 0.147 e. The molecule has 0 radical (unpaired) electrons. The molecule has 0 amide bonds. The minimum atomic E-state index is -0.243. The molecule has 65 heavy (non-hydrogen) atoms. The fraction of sp³-hybridized carbons (Fsp3) is 0.186. The third-order valence-electron chi connectivity index (χ3n) is 12.9. The highest BCUT2D eigenvalue weighted by atomic mass is 16.5. The van der Waals surface area contributed by atoms with Gasteiger partial charge in [0, 0.05) is 50.2 Å². The molecule has 0 aliphatic carbocycles. The number of phenolic OH excluding ortho intramolecular Hbond substituents is 2. The van der Waals surface area contributed by atoms with E-state index in [-0.39, 0.29) is 23.7 Å². The van der Waals surface area contributed by atoms with E-state index < -0.39 is 0 Å². The number of hydrogen-bond acceptors (Lipinski definition) is 4. The molecule has 2 N–H and O–H groups in total. The lowest BCUT2D eigenvalue weighted by molar-refractivity contribution is 0.131. The zero-order chi connectivity index (χ0) is 44.9. The molecule has 10 aromatic rings. The van der Waals surface area contributed by atoms with E-state index in [4.69, 9.17) is 9.47 Å². The van der Waals surface area contributed by atoms with Gasteiger partial charge in [0.05, 0.1) is 45.6 Å². The number of fused-ring (bicyclic) bond motifs is 6. The van der Waals surface area contributed by atoms with Gasteiger partial charge in [-0.25, -0.2) is 0 Å². The van der Waals surface area contributed by atoms with Crippen LogP contribution in [0, 0.1) is 13.8 Å². The van der Waals surface area contributed by atoms with Gasteiger partial charge in [-0.1, -0.05) is 98.8 Å². The molecule has 6 heteroatoms. The van der Waals surface area contributed by atoms with Gasteiger partial charge in [0.25, 0.3) is 0 Å². The van der Waals surface area contributed by atoms with E-state index in [1.165, 1.54) is 0 Å². The van der Waals surface area contributed by atoms with Gasteiger partial charge in [0.2, 0.25) is 0 Å². The van der Waals surface area contributed by atoms with Crippen molar-refractivity contribution < 1.29 is 19.7 Å². The molecule has 2 heterocycles. The van der Waals surface area contributed by atoms with E-state index in [0.29, 0.717) is 17.9 Å². The van der Waals surface area contributed by atoms with E-state index in [1.54, 1.807) is 0 Å². The molecule has 0 fully saturated rings. The van der Waals surface area contributed by atoms with Crippen LogP contribution in [0.15, 0.2) is 158 Å². The lowest BCUT2D eigenvalue weighted by atomic mass is 9.97. The number of aryl methyl sites for hydroxylation is 4. The summed E-state index contributed by atoms with van der Waals surface area (Å²) in [4.78, 5) is 0. The number of phenols is 2. The predicted molar refractivity (Wildman–Crippen MR) is 269 cm³/mol. The Morgan fingerprint density at radius 2 is 0.769 bits per heavy atom. The predicted octanol–water partition coefficient (Wildman–Crippen LogP) is 15.0. The summed E-state index contributed by atoms with van der Waals surface area (Å²) in [7, 11) is 0. The maximum absolute atomic E-state index is 12.3. The smallest absolute Gasteiger partial charge is 0.147 e. The number of hydrogen-bond donors (Lipinski definition) is 2. The lowest BCUT2D eigenvalue weighted by Crippen LogP contribution is -2.23. The van der Waals surface area contributed by atoms with Crippen molar-refractivity contribution in [1.82, 2.24) is 9.13 Å². The van der Waals surface area contributed by atoms with Gasteiger partial charge in [-0.2, -0.15) is 0 Å². The molecule has 0 bridgehead atoms. The number of aromatic nitrogens is 2. The van der Waals surface area contributed by atoms with Gasteiger partial charge >= 0.3 is 0 Å². The van der Waals surface area contributed by atoms with Crippen LogP contribution in [0.25, 0.3) is 77.2 Å². The number of aromatic hydroxyl groups is 2. The number of rotatable bonds is 12. The molecule has 8 aromatic carbocycles. The van der Waals surface area contributed by atoms with Crippen LogP contribution in [-0.2, 0) is 12.8 Å². The van der Waals surface area contributed by atoms with E-state index in [9.17, 15) is 10.2 Å². The molecule has 2 atom stereocenters. The SMILES string of the molecule is CCc1ccc(OC(C)C[C@H](C)Oc2ccc(CC)cc2-c2cc(C)cc(-n3c4ccccc4c4ccccc43)c2O)c(-c2cc(C)cc(-n3c4ccccc4c4ccccc43)c2O)c1. The number of ether oxygens (including phenoxy) is 2. The first-order chi connectivity index (χ1) is 31.6. The standard InChI is InChI=1S/C59H54N2O4/c1-7-40-25-27-56(46(34-40)48-29-36(3)31-54(58(48)62)60-50-21-13-9-17-42(50)43-18-10-14-22-51(43)60)64-38(5)33-39(6)65-57-28-26-41(8-2)35-47(57)49-30-37(4)32-55(59(49)63)61-52-23-15-11-19-44(52)45-20-12-16-24-53(45)61/h9-32,34-35,38-39,62-63H,7-8,33H2,1-6H3/t38-,39?/m0/s1. The first-order valence-electron chi connectivity index (χ1n) is 22.9. The third kappa shape index (κ3) is 7.43. The molecule has 0 aliphatic rings. The Morgan fingerprint density at radius 1 is 0.431 bits per heavy atom. The second kappa shape index (κ2) is 16.9. The molecular weight excluding hydrogens is 801 g/mol. The summed E-state index contributed by atoms with van der Waals surface area (Å²) in [6, 6.07) is 54.3. The van der Waals surface area contributed by atoms with Crippen molar-refractivity contribution in [2.24, 2.45) is 0 Å². The fourth-order valence-electron chi connectivity index (χ4n) is 9.85. The second-order valence-electron chi connectivity index (χ2n) is 17.6. The summed E-state index contributed by atoms with van der Waals surface area (Å²) >= 11 is 0. The highest BCUT2D eigenvalue weighted by molar-refractivity contribution is 6.10. The summed E-state index contributed by atoms with van der Waals surface area (Å²) in [6.45, 7) is 12.6. The summed E-state index contributed by atoms with van der Waals surface area (Å²) in [5.74, 6) is 1.80. The van der Waals surface area contributed by atoms with Crippen LogP contribution in [0.3, 0.4) is 0 Å². The largest absolute Gasteiger partial charge is 0.505 e. The van der Waals surface area contributed by atoms with E-state index >= 15 is 0 Å². The summed E-state index contributed by atoms with van der Waals surface area (Å²) < 4.78 is 18.0. The molecule has 6 nitrogen and oxygen atoms in total. The van der Waals surface area contributed by atoms with Crippen LogP contribution in [-0.4, -0.2) is 31.6 Å². The van der Waals surface area contributed by atoms with Gasteiger partial charge in [-0.05, 0) is 136 Å². The lowest BCUT2D eigenvalue weighted by Gasteiger charge is -2.24. The maximum atomic E-state index is 12.3. The average molecular weight is 855 g/mol. The van der Waals surface area contributed by atoms with Gasteiger partial charge in [-0.3, -0.25) is 0 Å². The highest BCUT2D eigenvalue weighted by Crippen LogP contribution is 2.46. The van der Waals surface area contributed by atoms with Crippen LogP contribution in [0.5, 0.6) is 23.0 Å². The minimum Gasteiger partial charge on any atom is -0.505 e. The van der Waals surface area contributed by atoms with Crippen molar-refractivity contribution in [1.29, 1.82) is 0 Å². The van der Waals surface area contributed by atoms with Gasteiger partial charge in [-0.15, -0.1) is 0 Å². The van der Waals surface area contributed by atoms with Crippen molar-refractivity contribution in [3.8, 4) is 56.6 Å². The second-order valence-corrected chi connectivity index (χ2v) is 17.6.